The van der Waals surface area contributed by atoms with Crippen molar-refractivity contribution in [2.75, 3.05) is 7.05 Å². The first kappa shape index (κ1) is 10.6. The molecule has 0 spiro atoms. The van der Waals surface area contributed by atoms with Crippen LogP contribution < -0.4 is 5.32 Å². The van der Waals surface area contributed by atoms with Crippen molar-refractivity contribution >= 4 is 0 Å². The molecule has 1 saturated carbocycles. The van der Waals surface area contributed by atoms with Gasteiger partial charge in [-0.15, -0.1) is 0 Å². The summed E-state index contributed by atoms with van der Waals surface area (Å²) < 4.78 is 0. The van der Waals surface area contributed by atoms with Crippen molar-refractivity contribution < 1.29 is 0 Å². The van der Waals surface area contributed by atoms with E-state index in [-0.39, 0.29) is 0 Å². The zero-order valence-corrected chi connectivity index (χ0v) is 9.66. The van der Waals surface area contributed by atoms with E-state index in [0.717, 1.165) is 11.6 Å². The van der Waals surface area contributed by atoms with Gasteiger partial charge in [0.2, 0.25) is 0 Å². The Labute approximate surface area is 92.1 Å². The Balaban J connectivity index is 1.97. The van der Waals surface area contributed by atoms with Gasteiger partial charge in [0, 0.05) is 11.7 Å². The maximum Gasteiger partial charge on any atom is 0.0576 e. The molecule has 1 fully saturated rings. The van der Waals surface area contributed by atoms with Gasteiger partial charge in [0.1, 0.15) is 0 Å². The summed E-state index contributed by atoms with van der Waals surface area (Å²) in [6.07, 6.45) is 5.45. The molecule has 1 unspecified atom stereocenters. The lowest BCUT2D eigenvalue weighted by Gasteiger charge is -2.15. The highest BCUT2D eigenvalue weighted by atomic mass is 14.9. The quantitative estimate of drug-likeness (QED) is 0.797. The van der Waals surface area contributed by atoms with E-state index in [4.69, 9.17) is 0 Å². The fourth-order valence-corrected chi connectivity index (χ4v) is 2.01. The number of rotatable bonds is 5. The number of nitrogens with zero attached hydrogens (tertiary/aromatic N) is 1. The molecule has 0 aliphatic heterocycles. The smallest absolute Gasteiger partial charge is 0.0576 e. The topological polar surface area (TPSA) is 24.9 Å². The van der Waals surface area contributed by atoms with E-state index >= 15 is 0 Å². The molecular formula is C13H20N2. The van der Waals surface area contributed by atoms with Gasteiger partial charge in [0.05, 0.1) is 5.69 Å². The summed E-state index contributed by atoms with van der Waals surface area (Å²) in [6.45, 7) is 2.05. The summed E-state index contributed by atoms with van der Waals surface area (Å²) in [4.78, 5) is 4.58. The molecule has 0 saturated heterocycles. The number of hydrogen-bond donors (Lipinski definition) is 1. The highest BCUT2D eigenvalue weighted by Gasteiger charge is 2.22. The second-order valence-corrected chi connectivity index (χ2v) is 4.57. The maximum absolute atomic E-state index is 4.58. The van der Waals surface area contributed by atoms with Crippen LogP contribution in [0.2, 0.25) is 0 Å². The standard InChI is InChI=1S/C13H20N2/c1-10-4-3-5-13(15-10)12(14-2)9-8-11-6-7-11/h3-5,11-12,14H,6-9H2,1-2H3. The summed E-state index contributed by atoms with van der Waals surface area (Å²) in [6, 6.07) is 6.71. The Kier molecular flexibility index (Phi) is 3.37. The van der Waals surface area contributed by atoms with E-state index in [0.29, 0.717) is 6.04 Å². The zero-order chi connectivity index (χ0) is 10.7. The molecule has 2 nitrogen and oxygen atoms in total. The van der Waals surface area contributed by atoms with Gasteiger partial charge in [0.25, 0.3) is 0 Å². The van der Waals surface area contributed by atoms with Crippen LogP contribution in [0.4, 0.5) is 0 Å². The van der Waals surface area contributed by atoms with Crippen LogP contribution in [-0.4, -0.2) is 12.0 Å². The number of nitrogens with one attached hydrogen (secondary N) is 1. The number of hydrogen-bond acceptors (Lipinski definition) is 2. The van der Waals surface area contributed by atoms with Crippen LogP contribution >= 0.6 is 0 Å². The lowest BCUT2D eigenvalue weighted by atomic mass is 10.1. The molecule has 2 heteroatoms. The fourth-order valence-electron chi connectivity index (χ4n) is 2.01. The first-order valence-electron chi connectivity index (χ1n) is 5.90. The Morgan fingerprint density at radius 1 is 1.47 bits per heavy atom. The summed E-state index contributed by atoms with van der Waals surface area (Å²) in [5.74, 6) is 1.01. The first-order chi connectivity index (χ1) is 7.29. The maximum atomic E-state index is 4.58. The van der Waals surface area contributed by atoms with Gasteiger partial charge in [-0.3, -0.25) is 4.98 Å². The fraction of sp³-hybridized carbons (Fsp3) is 0.615. The average Bonchev–Trinajstić information content (AvgIpc) is 3.03. The molecule has 82 valence electrons. The summed E-state index contributed by atoms with van der Waals surface area (Å²) in [5.41, 5.74) is 2.30. The third kappa shape index (κ3) is 3.03. The summed E-state index contributed by atoms with van der Waals surface area (Å²) in [7, 11) is 2.03. The van der Waals surface area contributed by atoms with E-state index in [2.05, 4.69) is 35.4 Å². The zero-order valence-electron chi connectivity index (χ0n) is 9.66. The van der Waals surface area contributed by atoms with E-state index in [1.54, 1.807) is 0 Å². The molecule has 2 rings (SSSR count). The van der Waals surface area contributed by atoms with Crippen molar-refractivity contribution in [3.8, 4) is 0 Å². The Morgan fingerprint density at radius 3 is 2.87 bits per heavy atom. The Hall–Kier alpha value is -0.890. The first-order valence-corrected chi connectivity index (χ1v) is 5.90. The van der Waals surface area contributed by atoms with Gasteiger partial charge in [-0.2, -0.15) is 0 Å². The van der Waals surface area contributed by atoms with Gasteiger partial charge in [0.15, 0.2) is 0 Å². The van der Waals surface area contributed by atoms with Crippen molar-refractivity contribution in [3.05, 3.63) is 29.6 Å². The van der Waals surface area contributed by atoms with Crippen LogP contribution in [0.3, 0.4) is 0 Å². The third-order valence-electron chi connectivity index (χ3n) is 3.18. The van der Waals surface area contributed by atoms with Crippen LogP contribution in [0, 0.1) is 12.8 Å². The molecule has 1 heterocycles. The number of pyridine rings is 1. The van der Waals surface area contributed by atoms with Gasteiger partial charge in [-0.25, -0.2) is 0 Å². The highest BCUT2D eigenvalue weighted by molar-refractivity contribution is 5.13. The normalized spacial score (nSPS) is 17.7. The van der Waals surface area contributed by atoms with Gasteiger partial charge in [-0.1, -0.05) is 18.9 Å². The van der Waals surface area contributed by atoms with Crippen molar-refractivity contribution in [1.29, 1.82) is 0 Å². The van der Waals surface area contributed by atoms with Crippen molar-refractivity contribution in [3.63, 3.8) is 0 Å². The summed E-state index contributed by atoms with van der Waals surface area (Å²) in [5, 5.41) is 3.37. The van der Waals surface area contributed by atoms with Crippen LogP contribution in [0.15, 0.2) is 18.2 Å². The highest BCUT2D eigenvalue weighted by Crippen LogP contribution is 2.35. The molecule has 1 aromatic heterocycles. The number of aryl methyl sites for hydroxylation is 1. The molecule has 1 N–H and O–H groups in total. The molecule has 1 aromatic rings. The van der Waals surface area contributed by atoms with E-state index in [9.17, 15) is 0 Å². The van der Waals surface area contributed by atoms with Crippen molar-refractivity contribution in [2.45, 2.75) is 38.6 Å². The van der Waals surface area contributed by atoms with Gasteiger partial charge < -0.3 is 5.32 Å². The minimum absolute atomic E-state index is 0.436. The van der Waals surface area contributed by atoms with Crippen LogP contribution in [0.25, 0.3) is 0 Å². The SMILES string of the molecule is CNC(CCC1CC1)c1cccc(C)n1. The van der Waals surface area contributed by atoms with E-state index in [1.807, 2.05) is 7.05 Å². The van der Waals surface area contributed by atoms with Crippen LogP contribution in [0.5, 0.6) is 0 Å². The molecule has 1 aliphatic rings. The Bertz CT molecular complexity index is 318. The number of aromatic nitrogens is 1. The lowest BCUT2D eigenvalue weighted by Crippen LogP contribution is -2.18. The molecule has 1 atom stereocenters. The molecule has 0 amide bonds. The molecule has 15 heavy (non-hydrogen) atoms. The van der Waals surface area contributed by atoms with E-state index in [1.165, 1.54) is 31.4 Å². The predicted octanol–water partition coefficient (Wildman–Crippen LogP) is 2.84. The van der Waals surface area contributed by atoms with Crippen molar-refractivity contribution in [1.82, 2.24) is 10.3 Å². The summed E-state index contributed by atoms with van der Waals surface area (Å²) >= 11 is 0. The van der Waals surface area contributed by atoms with E-state index < -0.39 is 0 Å². The van der Waals surface area contributed by atoms with Crippen molar-refractivity contribution in [2.24, 2.45) is 5.92 Å². The second kappa shape index (κ2) is 4.75. The molecular weight excluding hydrogens is 184 g/mol. The minimum atomic E-state index is 0.436. The van der Waals surface area contributed by atoms with Gasteiger partial charge in [-0.05, 0) is 44.9 Å². The minimum Gasteiger partial charge on any atom is -0.312 e. The molecule has 0 aromatic carbocycles. The largest absolute Gasteiger partial charge is 0.312 e. The lowest BCUT2D eigenvalue weighted by molar-refractivity contribution is 0.495. The average molecular weight is 204 g/mol. The molecule has 0 bridgehead atoms. The predicted molar refractivity (Wildman–Crippen MR) is 62.7 cm³/mol. The Morgan fingerprint density at radius 2 is 2.27 bits per heavy atom. The van der Waals surface area contributed by atoms with Crippen LogP contribution in [-0.2, 0) is 0 Å². The van der Waals surface area contributed by atoms with Gasteiger partial charge >= 0.3 is 0 Å². The molecule has 1 aliphatic carbocycles. The molecule has 0 radical (unpaired) electrons. The second-order valence-electron chi connectivity index (χ2n) is 4.57. The third-order valence-corrected chi connectivity index (χ3v) is 3.18. The monoisotopic (exact) mass is 204 g/mol. The van der Waals surface area contributed by atoms with Crippen LogP contribution in [0.1, 0.15) is 43.1 Å².